The molecule has 0 spiro atoms. The average Bonchev–Trinajstić information content (AvgIpc) is 3.40. The highest BCUT2D eigenvalue weighted by molar-refractivity contribution is 8.01. The third kappa shape index (κ3) is 6.33. The Balaban J connectivity index is 1.59. The molecule has 0 radical (unpaired) electrons. The summed E-state index contributed by atoms with van der Waals surface area (Å²) < 4.78 is 11.3. The summed E-state index contributed by atoms with van der Waals surface area (Å²) in [6.45, 7) is 2.17. The highest BCUT2D eigenvalue weighted by Crippen LogP contribution is 2.33. The Bertz CT molecular complexity index is 670. The summed E-state index contributed by atoms with van der Waals surface area (Å²) in [5.74, 6) is 0.0101. The second-order valence-electron chi connectivity index (χ2n) is 7.52. The molecule has 9 heteroatoms. The zero-order chi connectivity index (χ0) is 20.6. The number of nitrogens with zero attached hydrogens (tertiary/aromatic N) is 2. The van der Waals surface area contributed by atoms with Gasteiger partial charge in [0.15, 0.2) is 5.13 Å². The third-order valence-corrected chi connectivity index (χ3v) is 7.74. The van der Waals surface area contributed by atoms with Crippen LogP contribution in [-0.4, -0.2) is 59.5 Å². The molecule has 7 nitrogen and oxygen atoms in total. The summed E-state index contributed by atoms with van der Waals surface area (Å²) in [7, 11) is 1.77. The first kappa shape index (κ1) is 22.4. The quantitative estimate of drug-likeness (QED) is 0.471. The molecule has 2 fully saturated rings. The molecule has 2 saturated carbocycles. The van der Waals surface area contributed by atoms with E-state index >= 15 is 0 Å². The molecule has 29 heavy (non-hydrogen) atoms. The first-order chi connectivity index (χ1) is 14.1. The molecular formula is C20H31N3O4S2. The van der Waals surface area contributed by atoms with Gasteiger partial charge in [0.25, 0.3) is 0 Å². The molecule has 1 N–H and O–H groups in total. The van der Waals surface area contributed by atoms with Gasteiger partial charge in [-0.25, -0.2) is 9.78 Å². The molecule has 2 amide bonds. The van der Waals surface area contributed by atoms with Crippen molar-refractivity contribution in [1.29, 1.82) is 0 Å². The van der Waals surface area contributed by atoms with Crippen molar-refractivity contribution < 1.29 is 19.1 Å². The molecular weight excluding hydrogens is 410 g/mol. The number of aromatic nitrogens is 1. The second kappa shape index (κ2) is 11.2. The van der Waals surface area contributed by atoms with E-state index in [0.29, 0.717) is 23.9 Å². The molecule has 0 atom stereocenters. The number of esters is 1. The third-order valence-electron chi connectivity index (χ3n) is 5.66. The number of thiazole rings is 1. The lowest BCUT2D eigenvalue weighted by molar-refractivity contribution is -0.139. The zero-order valence-corrected chi connectivity index (χ0v) is 18.9. The number of urea groups is 1. The van der Waals surface area contributed by atoms with Crippen LogP contribution < -0.4 is 5.32 Å². The highest BCUT2D eigenvalue weighted by Gasteiger charge is 2.35. The topological polar surface area (TPSA) is 80.8 Å². The molecule has 162 valence electrons. The van der Waals surface area contributed by atoms with Crippen LogP contribution in [0.3, 0.4) is 0 Å². The maximum atomic E-state index is 13.2. The SMILES string of the molecule is CCOC(=O)CSc1cnc(NC(=O)N(C2CCCC2)C2CCC(OC)CC2)s1. The molecule has 1 aromatic rings. The number of carbonyl (C=O) groups is 2. The van der Waals surface area contributed by atoms with Gasteiger partial charge in [-0.05, 0) is 45.4 Å². The van der Waals surface area contributed by atoms with Gasteiger partial charge < -0.3 is 14.4 Å². The predicted octanol–water partition coefficient (Wildman–Crippen LogP) is 4.53. The Morgan fingerprint density at radius 1 is 1.21 bits per heavy atom. The van der Waals surface area contributed by atoms with Gasteiger partial charge in [0.2, 0.25) is 0 Å². The first-order valence-electron chi connectivity index (χ1n) is 10.5. The van der Waals surface area contributed by atoms with Crippen molar-refractivity contribution in [3.8, 4) is 0 Å². The first-order valence-corrected chi connectivity index (χ1v) is 12.3. The standard InChI is InChI=1S/C20H31N3O4S2/c1-3-27-17(24)13-28-18-12-21-19(29-18)22-20(25)23(14-6-4-5-7-14)15-8-10-16(26-2)11-9-15/h12,14-16H,3-11,13H2,1-2H3,(H,21,22,25). The molecule has 0 saturated heterocycles. The Morgan fingerprint density at radius 3 is 2.55 bits per heavy atom. The van der Waals surface area contributed by atoms with Crippen LogP contribution in [0, 0.1) is 0 Å². The molecule has 0 unspecified atom stereocenters. The lowest BCUT2D eigenvalue weighted by Gasteiger charge is -2.40. The van der Waals surface area contributed by atoms with Crippen LogP contribution in [0.5, 0.6) is 0 Å². The number of rotatable bonds is 8. The molecule has 3 rings (SSSR count). The largest absolute Gasteiger partial charge is 0.465 e. The Kier molecular flexibility index (Phi) is 8.62. The fraction of sp³-hybridized carbons (Fsp3) is 0.750. The molecule has 1 heterocycles. The molecule has 2 aliphatic carbocycles. The van der Waals surface area contributed by atoms with Gasteiger partial charge in [0, 0.05) is 19.2 Å². The fourth-order valence-corrected chi connectivity index (χ4v) is 5.90. The van der Waals surface area contributed by atoms with E-state index in [9.17, 15) is 9.59 Å². The van der Waals surface area contributed by atoms with E-state index in [4.69, 9.17) is 9.47 Å². The number of carbonyl (C=O) groups excluding carboxylic acids is 2. The van der Waals surface area contributed by atoms with Crippen LogP contribution in [0.15, 0.2) is 10.4 Å². The van der Waals surface area contributed by atoms with Crippen LogP contribution in [0.2, 0.25) is 0 Å². The summed E-state index contributed by atoms with van der Waals surface area (Å²) >= 11 is 2.78. The Labute approximate surface area is 180 Å². The van der Waals surface area contributed by atoms with Crippen molar-refractivity contribution >= 4 is 40.2 Å². The number of amides is 2. The van der Waals surface area contributed by atoms with Crippen LogP contribution in [0.1, 0.15) is 58.3 Å². The van der Waals surface area contributed by atoms with Gasteiger partial charge >= 0.3 is 12.0 Å². The van der Waals surface area contributed by atoms with Gasteiger partial charge in [-0.2, -0.15) is 0 Å². The summed E-state index contributed by atoms with van der Waals surface area (Å²) in [5.41, 5.74) is 0. The van der Waals surface area contributed by atoms with Crippen molar-refractivity contribution in [2.24, 2.45) is 0 Å². The van der Waals surface area contributed by atoms with E-state index in [1.165, 1.54) is 35.9 Å². The number of hydrogen-bond acceptors (Lipinski definition) is 7. The Morgan fingerprint density at radius 2 is 1.90 bits per heavy atom. The van der Waals surface area contributed by atoms with Gasteiger partial charge in [-0.1, -0.05) is 24.2 Å². The minimum atomic E-state index is -0.240. The lowest BCUT2D eigenvalue weighted by Crippen LogP contribution is -2.50. The smallest absolute Gasteiger partial charge is 0.324 e. The molecule has 0 bridgehead atoms. The number of anilines is 1. The number of thioether (sulfide) groups is 1. The van der Waals surface area contributed by atoms with Crippen LogP contribution in [-0.2, 0) is 14.3 Å². The van der Waals surface area contributed by atoms with Crippen molar-refractivity contribution in [2.45, 2.75) is 80.7 Å². The fourth-order valence-electron chi connectivity index (χ4n) is 4.24. The number of hydrogen-bond donors (Lipinski definition) is 1. The maximum absolute atomic E-state index is 13.2. The average molecular weight is 442 g/mol. The number of nitrogens with one attached hydrogen (secondary N) is 1. The van der Waals surface area contributed by atoms with Crippen molar-refractivity contribution in [2.75, 3.05) is 24.8 Å². The summed E-state index contributed by atoms with van der Waals surface area (Å²) in [6.07, 6.45) is 10.5. The molecule has 1 aromatic heterocycles. The van der Waals surface area contributed by atoms with Crippen molar-refractivity contribution in [3.05, 3.63) is 6.20 Å². The van der Waals surface area contributed by atoms with Crippen molar-refractivity contribution in [1.82, 2.24) is 9.88 Å². The van der Waals surface area contributed by atoms with Crippen molar-refractivity contribution in [3.63, 3.8) is 0 Å². The molecule has 0 aliphatic heterocycles. The minimum absolute atomic E-state index is 0.0472. The zero-order valence-electron chi connectivity index (χ0n) is 17.2. The van der Waals surface area contributed by atoms with E-state index in [1.54, 1.807) is 20.2 Å². The number of methoxy groups -OCH3 is 1. The van der Waals surface area contributed by atoms with Crippen LogP contribution in [0.4, 0.5) is 9.93 Å². The van der Waals surface area contributed by atoms with E-state index in [2.05, 4.69) is 15.2 Å². The van der Waals surface area contributed by atoms with E-state index in [0.717, 1.165) is 42.7 Å². The molecule has 0 aromatic carbocycles. The summed E-state index contributed by atoms with van der Waals surface area (Å²) in [6, 6.07) is 0.535. The minimum Gasteiger partial charge on any atom is -0.465 e. The number of ether oxygens (including phenoxy) is 2. The van der Waals surface area contributed by atoms with Gasteiger partial charge in [0.1, 0.15) is 0 Å². The summed E-state index contributed by atoms with van der Waals surface area (Å²) in [4.78, 5) is 31.1. The monoisotopic (exact) mass is 441 g/mol. The second-order valence-corrected chi connectivity index (χ2v) is 9.83. The summed E-state index contributed by atoms with van der Waals surface area (Å²) in [5, 5.41) is 3.59. The predicted molar refractivity (Wildman–Crippen MR) is 116 cm³/mol. The maximum Gasteiger partial charge on any atom is 0.324 e. The Hall–Kier alpha value is -1.32. The van der Waals surface area contributed by atoms with E-state index < -0.39 is 0 Å². The highest BCUT2D eigenvalue weighted by atomic mass is 32.2. The van der Waals surface area contributed by atoms with E-state index in [-0.39, 0.29) is 23.8 Å². The van der Waals surface area contributed by atoms with Crippen LogP contribution >= 0.6 is 23.1 Å². The van der Waals surface area contributed by atoms with E-state index in [1.807, 2.05) is 0 Å². The molecule has 2 aliphatic rings. The van der Waals surface area contributed by atoms with Gasteiger partial charge in [0.05, 0.1) is 28.9 Å². The lowest BCUT2D eigenvalue weighted by atomic mass is 9.91. The van der Waals surface area contributed by atoms with Gasteiger partial charge in [-0.3, -0.25) is 10.1 Å². The normalized spacial score (nSPS) is 22.4. The van der Waals surface area contributed by atoms with Gasteiger partial charge in [-0.15, -0.1) is 11.8 Å². The van der Waals surface area contributed by atoms with Crippen LogP contribution in [0.25, 0.3) is 0 Å².